The molecule has 0 bridgehead atoms. The van der Waals surface area contributed by atoms with E-state index in [0.29, 0.717) is 13.0 Å². The van der Waals surface area contributed by atoms with Gasteiger partial charge in [-0.25, -0.2) is 0 Å². The highest BCUT2D eigenvalue weighted by atomic mass is 16.5. The van der Waals surface area contributed by atoms with E-state index in [0.717, 1.165) is 11.5 Å². The van der Waals surface area contributed by atoms with Crippen molar-refractivity contribution in [3.8, 4) is 0 Å². The Hall–Kier alpha value is -0.120. The quantitative estimate of drug-likeness (QED) is 0.311. The van der Waals surface area contributed by atoms with E-state index in [1.807, 2.05) is 6.92 Å². The van der Waals surface area contributed by atoms with Gasteiger partial charge in [0.2, 0.25) is 0 Å². The molecule has 1 unspecified atom stereocenters. The molecule has 0 aliphatic carbocycles. The van der Waals surface area contributed by atoms with Gasteiger partial charge < -0.3 is 10.3 Å². The Morgan fingerprint density at radius 2 is 1.29 bits per heavy atom. The van der Waals surface area contributed by atoms with Crippen LogP contribution in [0.4, 0.5) is 0 Å². The molecule has 0 spiro atoms. The molecular weight excluding hydrogens is 214 g/mol. The maximum absolute atomic E-state index is 9.49. The molecule has 17 heavy (non-hydrogen) atoms. The van der Waals surface area contributed by atoms with Gasteiger partial charge in [0.25, 0.3) is 0 Å². The summed E-state index contributed by atoms with van der Waals surface area (Å²) in [5.41, 5.74) is 0. The Morgan fingerprint density at radius 3 is 1.76 bits per heavy atom. The summed E-state index contributed by atoms with van der Waals surface area (Å²) in [5, 5.41) is 19.7. The zero-order chi connectivity index (χ0) is 12.9. The lowest BCUT2D eigenvalue weighted by atomic mass is 10.1. The summed E-state index contributed by atoms with van der Waals surface area (Å²) in [6.07, 6.45) is 11.5. The summed E-state index contributed by atoms with van der Waals surface area (Å²) in [5.74, 6) is 0. The number of aliphatic hydroxyl groups is 1. The number of hydrogen-bond acceptors (Lipinski definition) is 3. The van der Waals surface area contributed by atoms with Crippen molar-refractivity contribution in [3.05, 3.63) is 0 Å². The summed E-state index contributed by atoms with van der Waals surface area (Å²) in [6, 6.07) is 0. The number of aliphatic hydroxyl groups excluding tert-OH is 1. The highest BCUT2D eigenvalue weighted by Gasteiger charge is 2.09. The molecule has 0 saturated heterocycles. The van der Waals surface area contributed by atoms with E-state index in [9.17, 15) is 10.3 Å². The maximum atomic E-state index is 9.49. The number of hydrogen-bond donors (Lipinski definition) is 2. The molecule has 2 N–H and O–H groups in total. The molecule has 0 heterocycles. The second kappa shape index (κ2) is 12.3. The van der Waals surface area contributed by atoms with Crippen LogP contribution in [0.15, 0.2) is 0 Å². The Kier molecular flexibility index (Phi) is 12.3. The first-order valence-corrected chi connectivity index (χ1v) is 7.36. The molecule has 1 atom stereocenters. The standard InChI is InChI=1S/C14H31NO2/c1-3-5-6-7-8-9-10-11-12-13-14(16)15(17)4-2/h14,16-17H,3-13H2,1-2H3. The van der Waals surface area contributed by atoms with Gasteiger partial charge in [0.15, 0.2) is 0 Å². The van der Waals surface area contributed by atoms with Crippen LogP contribution in [0, 0.1) is 0 Å². The van der Waals surface area contributed by atoms with Crippen molar-refractivity contribution in [3.63, 3.8) is 0 Å². The fraction of sp³-hybridized carbons (Fsp3) is 1.00. The molecular formula is C14H31NO2. The molecule has 0 aromatic rings. The van der Waals surface area contributed by atoms with Crippen LogP contribution in [0.2, 0.25) is 0 Å². The van der Waals surface area contributed by atoms with E-state index in [-0.39, 0.29) is 0 Å². The van der Waals surface area contributed by atoms with Crippen molar-refractivity contribution in [2.75, 3.05) is 6.54 Å². The minimum Gasteiger partial charge on any atom is -0.376 e. The smallest absolute Gasteiger partial charge is 0.129 e. The van der Waals surface area contributed by atoms with Gasteiger partial charge in [-0.2, -0.15) is 5.06 Å². The molecule has 104 valence electrons. The van der Waals surface area contributed by atoms with Crippen molar-refractivity contribution in [1.82, 2.24) is 5.06 Å². The molecule has 3 heteroatoms. The Labute approximate surface area is 107 Å². The van der Waals surface area contributed by atoms with Crippen molar-refractivity contribution in [1.29, 1.82) is 0 Å². The zero-order valence-electron chi connectivity index (χ0n) is 11.7. The van der Waals surface area contributed by atoms with Gasteiger partial charge in [0, 0.05) is 6.54 Å². The molecule has 0 radical (unpaired) electrons. The zero-order valence-corrected chi connectivity index (χ0v) is 11.7. The van der Waals surface area contributed by atoms with Gasteiger partial charge in [-0.1, -0.05) is 58.3 Å². The second-order valence-electron chi connectivity index (χ2n) is 4.85. The summed E-state index contributed by atoms with van der Waals surface area (Å²) >= 11 is 0. The lowest BCUT2D eigenvalue weighted by Gasteiger charge is -2.19. The van der Waals surface area contributed by atoms with Crippen LogP contribution in [0.1, 0.15) is 78.1 Å². The van der Waals surface area contributed by atoms with E-state index in [2.05, 4.69) is 6.92 Å². The molecule has 0 saturated carbocycles. The van der Waals surface area contributed by atoms with Gasteiger partial charge in [0.1, 0.15) is 6.23 Å². The lowest BCUT2D eigenvalue weighted by Crippen LogP contribution is -2.31. The third kappa shape index (κ3) is 10.7. The van der Waals surface area contributed by atoms with Crippen molar-refractivity contribution >= 4 is 0 Å². The Bertz CT molecular complexity index is 153. The molecule has 0 fully saturated rings. The van der Waals surface area contributed by atoms with Crippen LogP contribution in [0.3, 0.4) is 0 Å². The minimum atomic E-state index is -0.676. The molecule has 0 aromatic heterocycles. The normalized spacial score (nSPS) is 13.2. The highest BCUT2D eigenvalue weighted by Crippen LogP contribution is 2.11. The van der Waals surface area contributed by atoms with Gasteiger partial charge in [-0.05, 0) is 19.8 Å². The predicted octanol–water partition coefficient (Wildman–Crippen LogP) is 3.94. The van der Waals surface area contributed by atoms with Crippen molar-refractivity contribution in [2.24, 2.45) is 0 Å². The van der Waals surface area contributed by atoms with Crippen LogP contribution in [0.5, 0.6) is 0 Å². The fourth-order valence-electron chi connectivity index (χ4n) is 2.00. The van der Waals surface area contributed by atoms with Crippen LogP contribution in [0.25, 0.3) is 0 Å². The van der Waals surface area contributed by atoms with E-state index in [1.165, 1.54) is 51.4 Å². The van der Waals surface area contributed by atoms with Crippen molar-refractivity contribution < 1.29 is 10.3 Å². The fourth-order valence-corrected chi connectivity index (χ4v) is 2.00. The van der Waals surface area contributed by atoms with E-state index in [1.54, 1.807) is 0 Å². The predicted molar refractivity (Wildman–Crippen MR) is 72.0 cm³/mol. The lowest BCUT2D eigenvalue weighted by molar-refractivity contribution is -0.195. The number of hydroxylamine groups is 2. The van der Waals surface area contributed by atoms with E-state index in [4.69, 9.17) is 0 Å². The largest absolute Gasteiger partial charge is 0.376 e. The van der Waals surface area contributed by atoms with Gasteiger partial charge in [0.05, 0.1) is 0 Å². The van der Waals surface area contributed by atoms with Crippen molar-refractivity contribution in [2.45, 2.75) is 84.3 Å². The van der Waals surface area contributed by atoms with Gasteiger partial charge in [-0.15, -0.1) is 0 Å². The average molecular weight is 245 g/mol. The van der Waals surface area contributed by atoms with Crippen LogP contribution in [-0.2, 0) is 0 Å². The average Bonchev–Trinajstić information content (AvgIpc) is 2.35. The summed E-state index contributed by atoms with van der Waals surface area (Å²) < 4.78 is 0. The van der Waals surface area contributed by atoms with E-state index < -0.39 is 6.23 Å². The Morgan fingerprint density at radius 1 is 0.824 bits per heavy atom. The number of nitrogens with zero attached hydrogens (tertiary/aromatic N) is 1. The third-order valence-corrected chi connectivity index (χ3v) is 3.23. The first kappa shape index (κ1) is 16.9. The summed E-state index contributed by atoms with van der Waals surface area (Å²) in [4.78, 5) is 0. The highest BCUT2D eigenvalue weighted by molar-refractivity contribution is 4.52. The summed E-state index contributed by atoms with van der Waals surface area (Å²) in [6.45, 7) is 4.56. The Balaban J connectivity index is 3.13. The third-order valence-electron chi connectivity index (χ3n) is 3.23. The molecule has 0 rings (SSSR count). The summed E-state index contributed by atoms with van der Waals surface area (Å²) in [7, 11) is 0. The maximum Gasteiger partial charge on any atom is 0.129 e. The van der Waals surface area contributed by atoms with Crippen LogP contribution < -0.4 is 0 Å². The topological polar surface area (TPSA) is 43.7 Å². The first-order valence-electron chi connectivity index (χ1n) is 7.36. The monoisotopic (exact) mass is 245 g/mol. The molecule has 0 amide bonds. The number of unbranched alkanes of at least 4 members (excludes halogenated alkanes) is 8. The van der Waals surface area contributed by atoms with Gasteiger partial charge >= 0.3 is 0 Å². The van der Waals surface area contributed by atoms with Crippen LogP contribution >= 0.6 is 0 Å². The molecule has 0 aliphatic heterocycles. The van der Waals surface area contributed by atoms with Crippen LogP contribution in [-0.4, -0.2) is 28.1 Å². The minimum absolute atomic E-state index is 0.485. The number of rotatable bonds is 12. The first-order chi connectivity index (χ1) is 8.22. The van der Waals surface area contributed by atoms with Gasteiger partial charge in [-0.3, -0.25) is 0 Å². The van der Waals surface area contributed by atoms with E-state index >= 15 is 0 Å². The second-order valence-corrected chi connectivity index (χ2v) is 4.85. The molecule has 3 nitrogen and oxygen atoms in total. The molecule has 0 aromatic carbocycles. The SMILES string of the molecule is CCCCCCCCCCCC(O)N(O)CC. The molecule has 0 aliphatic rings.